The molecule has 3 rings (SSSR count). The Labute approximate surface area is 148 Å². The number of hydrogen-bond donors (Lipinski definition) is 1. The molecule has 1 aliphatic heterocycles. The lowest BCUT2D eigenvalue weighted by atomic mass is 10.2. The van der Waals surface area contributed by atoms with E-state index < -0.39 is 16.7 Å². The Morgan fingerprint density at radius 2 is 2.15 bits per heavy atom. The Hall–Kier alpha value is -3.62. The molecule has 2 aromatic rings. The predicted molar refractivity (Wildman–Crippen MR) is 92.6 cm³/mol. The molecule has 0 saturated carbocycles. The van der Waals surface area contributed by atoms with Crippen LogP contribution in [-0.2, 0) is 9.59 Å². The number of nitrogens with one attached hydrogen (secondary N) is 1. The second-order valence-corrected chi connectivity index (χ2v) is 5.46. The predicted octanol–water partition coefficient (Wildman–Crippen LogP) is 1.97. The van der Waals surface area contributed by atoms with E-state index in [2.05, 4.69) is 5.32 Å². The summed E-state index contributed by atoms with van der Waals surface area (Å²) < 4.78 is 10.4. The molecule has 26 heavy (non-hydrogen) atoms. The fourth-order valence-corrected chi connectivity index (χ4v) is 2.52. The average molecular weight is 357 g/mol. The number of carbonyl (C=O) groups excluding carboxylic acids is 2. The summed E-state index contributed by atoms with van der Waals surface area (Å²) in [5.41, 5.74) is 0.505. The van der Waals surface area contributed by atoms with Crippen molar-refractivity contribution in [2.45, 2.75) is 0 Å². The van der Waals surface area contributed by atoms with Crippen molar-refractivity contribution in [1.29, 1.82) is 0 Å². The average Bonchev–Trinajstić information content (AvgIpc) is 2.63. The van der Waals surface area contributed by atoms with Crippen molar-refractivity contribution >= 4 is 28.9 Å². The number of anilines is 2. The van der Waals surface area contributed by atoms with E-state index in [0.29, 0.717) is 17.2 Å². The van der Waals surface area contributed by atoms with E-state index >= 15 is 0 Å². The molecule has 1 aliphatic rings. The Morgan fingerprint density at radius 1 is 1.35 bits per heavy atom. The van der Waals surface area contributed by atoms with Crippen LogP contribution in [-0.4, -0.2) is 37.0 Å². The highest BCUT2D eigenvalue weighted by molar-refractivity contribution is 6.05. The van der Waals surface area contributed by atoms with Gasteiger partial charge in [0.1, 0.15) is 18.0 Å². The first kappa shape index (κ1) is 17.2. The third-order valence-electron chi connectivity index (χ3n) is 3.75. The molecule has 134 valence electrons. The molecule has 0 spiro atoms. The minimum absolute atomic E-state index is 0.191. The number of benzene rings is 2. The number of nitro groups is 1. The van der Waals surface area contributed by atoms with Gasteiger partial charge in [0.25, 0.3) is 11.6 Å². The van der Waals surface area contributed by atoms with Gasteiger partial charge in [0.2, 0.25) is 5.91 Å². The maximum Gasteiger partial charge on any atom is 0.271 e. The molecular formula is C17H15N3O6. The molecular weight excluding hydrogens is 342 g/mol. The lowest BCUT2D eigenvalue weighted by molar-refractivity contribution is -0.384. The van der Waals surface area contributed by atoms with Crippen molar-refractivity contribution in [1.82, 2.24) is 0 Å². The van der Waals surface area contributed by atoms with Crippen molar-refractivity contribution in [3.8, 4) is 11.5 Å². The zero-order valence-corrected chi connectivity index (χ0v) is 13.8. The molecule has 0 aromatic heterocycles. The van der Waals surface area contributed by atoms with Crippen LogP contribution in [0.15, 0.2) is 42.5 Å². The summed E-state index contributed by atoms with van der Waals surface area (Å²) in [6.07, 6.45) is 0. The molecule has 9 nitrogen and oxygen atoms in total. The van der Waals surface area contributed by atoms with E-state index in [4.69, 9.17) is 9.47 Å². The van der Waals surface area contributed by atoms with E-state index in [0.717, 1.165) is 0 Å². The van der Waals surface area contributed by atoms with Gasteiger partial charge in [0.05, 0.1) is 17.7 Å². The molecule has 0 aliphatic carbocycles. The molecule has 1 heterocycles. The van der Waals surface area contributed by atoms with Gasteiger partial charge in [-0.15, -0.1) is 0 Å². The number of ether oxygens (including phenoxy) is 2. The first-order chi connectivity index (χ1) is 12.5. The molecule has 2 aromatic carbocycles. The van der Waals surface area contributed by atoms with Gasteiger partial charge < -0.3 is 14.8 Å². The van der Waals surface area contributed by atoms with E-state index in [1.807, 2.05) is 0 Å². The SMILES string of the molecule is COc1cccc(NC(=O)CN2C(=O)COc3ccc([N+](=O)[O-])cc32)c1. The summed E-state index contributed by atoms with van der Waals surface area (Å²) in [5, 5.41) is 13.6. The zero-order chi connectivity index (χ0) is 18.7. The van der Waals surface area contributed by atoms with Gasteiger partial charge in [0.15, 0.2) is 6.61 Å². The van der Waals surface area contributed by atoms with E-state index in [9.17, 15) is 19.7 Å². The van der Waals surface area contributed by atoms with E-state index in [1.54, 1.807) is 24.3 Å². The first-order valence-electron chi connectivity index (χ1n) is 7.63. The minimum Gasteiger partial charge on any atom is -0.497 e. The van der Waals surface area contributed by atoms with Crippen LogP contribution in [0.25, 0.3) is 0 Å². The lowest BCUT2D eigenvalue weighted by Gasteiger charge is -2.28. The van der Waals surface area contributed by atoms with Gasteiger partial charge in [-0.3, -0.25) is 24.6 Å². The van der Waals surface area contributed by atoms with Crippen LogP contribution in [0.4, 0.5) is 17.1 Å². The summed E-state index contributed by atoms with van der Waals surface area (Å²) in [4.78, 5) is 36.1. The molecule has 0 radical (unpaired) electrons. The normalized spacial score (nSPS) is 12.8. The summed E-state index contributed by atoms with van der Waals surface area (Å²) in [6, 6.07) is 10.7. The summed E-state index contributed by atoms with van der Waals surface area (Å²) in [6.45, 7) is -0.537. The zero-order valence-electron chi connectivity index (χ0n) is 13.8. The fourth-order valence-electron chi connectivity index (χ4n) is 2.52. The quantitative estimate of drug-likeness (QED) is 0.647. The van der Waals surface area contributed by atoms with Gasteiger partial charge in [-0.05, 0) is 18.2 Å². The Kier molecular flexibility index (Phi) is 4.70. The highest BCUT2D eigenvalue weighted by Crippen LogP contribution is 2.35. The summed E-state index contributed by atoms with van der Waals surface area (Å²) in [7, 11) is 1.51. The van der Waals surface area contributed by atoms with Gasteiger partial charge in [-0.1, -0.05) is 6.07 Å². The van der Waals surface area contributed by atoms with Crippen molar-refractivity contribution in [2.75, 3.05) is 30.5 Å². The number of hydrogen-bond acceptors (Lipinski definition) is 6. The van der Waals surface area contributed by atoms with Crippen molar-refractivity contribution in [3.63, 3.8) is 0 Å². The molecule has 0 atom stereocenters. The number of amides is 2. The summed E-state index contributed by atoms with van der Waals surface area (Å²) in [5.74, 6) is -0.0275. The van der Waals surface area contributed by atoms with Crippen LogP contribution in [0, 0.1) is 10.1 Å². The third kappa shape index (κ3) is 3.56. The smallest absolute Gasteiger partial charge is 0.271 e. The summed E-state index contributed by atoms with van der Waals surface area (Å²) >= 11 is 0. The highest BCUT2D eigenvalue weighted by atomic mass is 16.6. The monoisotopic (exact) mass is 357 g/mol. The maximum absolute atomic E-state index is 12.3. The molecule has 0 saturated heterocycles. The molecule has 9 heteroatoms. The largest absolute Gasteiger partial charge is 0.497 e. The van der Waals surface area contributed by atoms with Gasteiger partial charge in [-0.2, -0.15) is 0 Å². The Balaban J connectivity index is 1.80. The van der Waals surface area contributed by atoms with E-state index in [1.165, 1.54) is 30.2 Å². The second-order valence-electron chi connectivity index (χ2n) is 5.46. The minimum atomic E-state index is -0.576. The molecule has 0 bridgehead atoms. The van der Waals surface area contributed by atoms with Crippen LogP contribution in [0.5, 0.6) is 11.5 Å². The number of nitrogens with zero attached hydrogens (tertiary/aromatic N) is 2. The first-order valence-corrected chi connectivity index (χ1v) is 7.63. The van der Waals surface area contributed by atoms with Crippen LogP contribution in [0.1, 0.15) is 0 Å². The lowest BCUT2D eigenvalue weighted by Crippen LogP contribution is -2.43. The maximum atomic E-state index is 12.3. The van der Waals surface area contributed by atoms with Crippen LogP contribution in [0.3, 0.4) is 0 Å². The number of rotatable bonds is 5. The Morgan fingerprint density at radius 3 is 2.88 bits per heavy atom. The third-order valence-corrected chi connectivity index (χ3v) is 3.75. The number of carbonyl (C=O) groups is 2. The topological polar surface area (TPSA) is 111 Å². The Bertz CT molecular complexity index is 883. The van der Waals surface area contributed by atoms with Crippen molar-refractivity contribution < 1.29 is 24.0 Å². The fraction of sp³-hybridized carbons (Fsp3) is 0.176. The number of nitro benzene ring substituents is 1. The van der Waals surface area contributed by atoms with Crippen LogP contribution in [0.2, 0.25) is 0 Å². The number of fused-ring (bicyclic) bond motifs is 1. The standard InChI is InChI=1S/C17H15N3O6/c1-25-13-4-2-3-11(7-13)18-16(21)9-19-14-8-12(20(23)24)5-6-15(14)26-10-17(19)22/h2-8H,9-10H2,1H3,(H,18,21). The molecule has 1 N–H and O–H groups in total. The van der Waals surface area contributed by atoms with Crippen LogP contribution >= 0.6 is 0 Å². The molecule has 2 amide bonds. The molecule has 0 unspecified atom stereocenters. The van der Waals surface area contributed by atoms with E-state index in [-0.39, 0.29) is 24.5 Å². The number of non-ortho nitro benzene ring substituents is 1. The van der Waals surface area contributed by atoms with Crippen molar-refractivity contribution in [3.05, 3.63) is 52.6 Å². The van der Waals surface area contributed by atoms with Crippen LogP contribution < -0.4 is 19.7 Å². The van der Waals surface area contributed by atoms with Crippen molar-refractivity contribution in [2.24, 2.45) is 0 Å². The van der Waals surface area contributed by atoms with Gasteiger partial charge in [-0.25, -0.2) is 0 Å². The molecule has 0 fully saturated rings. The number of methoxy groups -OCH3 is 1. The van der Waals surface area contributed by atoms with Gasteiger partial charge >= 0.3 is 0 Å². The second kappa shape index (κ2) is 7.09. The van der Waals surface area contributed by atoms with Gasteiger partial charge in [0, 0.05) is 23.9 Å². The highest BCUT2D eigenvalue weighted by Gasteiger charge is 2.29.